The maximum atomic E-state index is 9.63. The number of carbonyl (C=O) groups excluding carboxylic acids is 2. The lowest BCUT2D eigenvalue weighted by Crippen LogP contribution is -2.37. The number of unbranched alkanes of at least 4 members (excludes halogenated alkanes) is 3. The van der Waals surface area contributed by atoms with Gasteiger partial charge >= 0.3 is 6.09 Å². The number of nitrogens with two attached hydrogens (primary N) is 1. The van der Waals surface area contributed by atoms with Crippen LogP contribution in [0.1, 0.15) is 25.7 Å². The van der Waals surface area contributed by atoms with Gasteiger partial charge in [0.1, 0.15) is 0 Å². The summed E-state index contributed by atoms with van der Waals surface area (Å²) in [6, 6.07) is 0. The number of carboxylic acid groups (broad SMARTS) is 1. The molecule has 0 aromatic carbocycles. The maximum absolute atomic E-state index is 9.63. The molecule has 0 aliphatic rings. The molecular formula is C14H27N3O8. The van der Waals surface area contributed by atoms with Gasteiger partial charge in [0.05, 0.1) is 44.9 Å². The van der Waals surface area contributed by atoms with Crippen LogP contribution in [-0.2, 0) is 9.59 Å². The zero-order valence-corrected chi connectivity index (χ0v) is 14.0. The third-order valence-electron chi connectivity index (χ3n) is 2.76. The van der Waals surface area contributed by atoms with E-state index in [-0.39, 0.29) is 0 Å². The Morgan fingerprint density at radius 1 is 0.800 bits per heavy atom. The van der Waals surface area contributed by atoms with E-state index in [1.165, 1.54) is 12.2 Å². The van der Waals surface area contributed by atoms with E-state index in [2.05, 4.69) is 15.7 Å². The lowest BCUT2D eigenvalue weighted by Gasteiger charge is -2.23. The third kappa shape index (κ3) is 24.2. The molecule has 0 bridgehead atoms. The van der Waals surface area contributed by atoms with Crippen molar-refractivity contribution in [3.63, 3.8) is 0 Å². The number of primary amides is 1. The topological polar surface area (TPSA) is 203 Å². The molecule has 0 atom stereocenters. The molecule has 0 fully saturated rings. The number of amides is 1. The summed E-state index contributed by atoms with van der Waals surface area (Å²) >= 11 is 0. The Morgan fingerprint density at radius 2 is 1.08 bits per heavy atom. The summed E-state index contributed by atoms with van der Waals surface area (Å²) in [7, 11) is 0. The molecule has 146 valence electrons. The van der Waals surface area contributed by atoms with Crippen LogP contribution in [0.3, 0.4) is 0 Å². The van der Waals surface area contributed by atoms with Crippen molar-refractivity contribution in [2.24, 2.45) is 21.1 Å². The lowest BCUT2D eigenvalue weighted by atomic mass is 9.93. The fraction of sp³-hybridized carbons (Fsp3) is 0.786. The molecule has 0 radical (unpaired) electrons. The molecule has 11 nitrogen and oxygen atoms in total. The van der Waals surface area contributed by atoms with Crippen LogP contribution in [0.4, 0.5) is 4.79 Å². The quantitative estimate of drug-likeness (QED) is 0.148. The fourth-order valence-electron chi connectivity index (χ4n) is 1.13. The van der Waals surface area contributed by atoms with Crippen LogP contribution in [0.5, 0.6) is 0 Å². The van der Waals surface area contributed by atoms with Crippen LogP contribution < -0.4 is 5.73 Å². The fourth-order valence-corrected chi connectivity index (χ4v) is 1.13. The minimum atomic E-state index is -1.33. The molecule has 0 unspecified atom stereocenters. The van der Waals surface area contributed by atoms with Crippen molar-refractivity contribution in [2.45, 2.75) is 25.7 Å². The monoisotopic (exact) mass is 365 g/mol. The Morgan fingerprint density at radius 3 is 1.24 bits per heavy atom. The molecule has 1 amide bonds. The van der Waals surface area contributed by atoms with Gasteiger partial charge in [-0.2, -0.15) is 0 Å². The van der Waals surface area contributed by atoms with Gasteiger partial charge in [-0.1, -0.05) is 12.8 Å². The van der Waals surface area contributed by atoms with E-state index in [9.17, 15) is 9.59 Å². The van der Waals surface area contributed by atoms with Gasteiger partial charge < -0.3 is 31.3 Å². The Bertz CT molecular complexity index is 359. The zero-order chi connectivity index (χ0) is 20.0. The Kier molecular flexibility index (Phi) is 24.2. The molecule has 0 heterocycles. The second-order valence-corrected chi connectivity index (χ2v) is 4.83. The van der Waals surface area contributed by atoms with Crippen LogP contribution in [-0.4, -0.2) is 83.3 Å². The molecule has 11 heteroatoms. The molecule has 0 aliphatic heterocycles. The number of nitrogens with zero attached hydrogens (tertiary/aromatic N) is 2. The van der Waals surface area contributed by atoms with Gasteiger partial charge in [0.15, 0.2) is 0 Å². The van der Waals surface area contributed by atoms with E-state index >= 15 is 0 Å². The van der Waals surface area contributed by atoms with E-state index in [1.54, 1.807) is 0 Å². The number of aliphatic hydroxyl groups is 4. The summed E-state index contributed by atoms with van der Waals surface area (Å²) in [4.78, 5) is 34.9. The molecule has 0 saturated heterocycles. The number of hydrogen-bond acceptors (Lipinski definition) is 9. The normalized spacial score (nSPS) is 9.28. The van der Waals surface area contributed by atoms with Gasteiger partial charge in [0.2, 0.25) is 12.2 Å². The zero-order valence-electron chi connectivity index (χ0n) is 14.0. The minimum Gasteiger partial charge on any atom is -0.465 e. The molecule has 0 aromatic rings. The van der Waals surface area contributed by atoms with E-state index in [4.69, 9.17) is 30.3 Å². The smallest absolute Gasteiger partial charge is 0.402 e. The number of isocyanates is 2. The van der Waals surface area contributed by atoms with E-state index in [1.807, 2.05) is 0 Å². The average Bonchev–Trinajstić information content (AvgIpc) is 2.60. The summed E-state index contributed by atoms with van der Waals surface area (Å²) in [5.41, 5.74) is 2.92. The van der Waals surface area contributed by atoms with Crippen molar-refractivity contribution in [3.05, 3.63) is 0 Å². The molecule has 0 spiro atoms. The highest BCUT2D eigenvalue weighted by atomic mass is 16.4. The first-order chi connectivity index (χ1) is 11.9. The molecule has 0 saturated carbocycles. The van der Waals surface area contributed by atoms with Crippen molar-refractivity contribution >= 4 is 18.3 Å². The average molecular weight is 365 g/mol. The molecule has 0 rings (SSSR count). The largest absolute Gasteiger partial charge is 0.465 e. The molecule has 0 aliphatic carbocycles. The van der Waals surface area contributed by atoms with Crippen molar-refractivity contribution < 1.29 is 39.9 Å². The molecular weight excluding hydrogens is 338 g/mol. The molecule has 25 heavy (non-hydrogen) atoms. The first-order valence-electron chi connectivity index (χ1n) is 7.38. The number of aliphatic imine (C=N–C) groups is 2. The summed E-state index contributed by atoms with van der Waals surface area (Å²) in [5.74, 6) is 0. The highest BCUT2D eigenvalue weighted by molar-refractivity contribution is 5.61. The van der Waals surface area contributed by atoms with Gasteiger partial charge in [-0.25, -0.2) is 24.4 Å². The van der Waals surface area contributed by atoms with E-state index in [0.717, 1.165) is 25.7 Å². The number of carbonyl (C=O) groups is 1. The van der Waals surface area contributed by atoms with Gasteiger partial charge in [-0.05, 0) is 12.8 Å². The van der Waals surface area contributed by atoms with Crippen LogP contribution in [0.2, 0.25) is 0 Å². The predicted molar refractivity (Wildman–Crippen MR) is 87.4 cm³/mol. The predicted octanol–water partition coefficient (Wildman–Crippen LogP) is -1.22. The number of rotatable bonds is 11. The van der Waals surface area contributed by atoms with Crippen LogP contribution in [0, 0.1) is 5.41 Å². The van der Waals surface area contributed by atoms with Crippen molar-refractivity contribution in [1.29, 1.82) is 0 Å². The highest BCUT2D eigenvalue weighted by Gasteiger charge is 2.26. The first-order valence-corrected chi connectivity index (χ1v) is 7.38. The highest BCUT2D eigenvalue weighted by Crippen LogP contribution is 2.11. The second-order valence-electron chi connectivity index (χ2n) is 4.83. The van der Waals surface area contributed by atoms with Crippen LogP contribution in [0.15, 0.2) is 9.98 Å². The van der Waals surface area contributed by atoms with Crippen LogP contribution in [0.25, 0.3) is 0 Å². The molecule has 0 aromatic heterocycles. The van der Waals surface area contributed by atoms with Crippen molar-refractivity contribution in [2.75, 3.05) is 39.5 Å². The summed E-state index contributed by atoms with van der Waals surface area (Å²) < 4.78 is 0. The van der Waals surface area contributed by atoms with E-state index < -0.39 is 37.9 Å². The summed E-state index contributed by atoms with van der Waals surface area (Å²) in [5, 5.41) is 41.2. The Hall–Kier alpha value is -2.13. The van der Waals surface area contributed by atoms with Crippen LogP contribution >= 0.6 is 0 Å². The summed E-state index contributed by atoms with van der Waals surface area (Å²) in [6.45, 7) is -0.513. The SMILES string of the molecule is NC(=O)O.O=C=NCCCCCCN=C=O.OCC(CO)(CO)CO. The van der Waals surface area contributed by atoms with Crippen molar-refractivity contribution in [1.82, 2.24) is 0 Å². The number of aliphatic hydroxyl groups excluding tert-OH is 4. The van der Waals surface area contributed by atoms with Gasteiger partial charge in [-0.3, -0.25) is 0 Å². The minimum absolute atomic E-state index is 0.406. The standard InChI is InChI=1S/C8H12N2O2.C5H12O4.CH3NO2/c11-7-9-5-3-1-2-4-6-10-8-12;6-1-5(2-7,3-8)4-9;2-1(3)4/h1-6H2;6-9H,1-4H2;2H2,(H,3,4). The third-order valence-corrected chi connectivity index (χ3v) is 2.76. The van der Waals surface area contributed by atoms with Gasteiger partial charge in [-0.15, -0.1) is 0 Å². The summed E-state index contributed by atoms with van der Waals surface area (Å²) in [6.07, 6.45) is 5.47. The maximum Gasteiger partial charge on any atom is 0.402 e. The first kappa shape index (κ1) is 27.7. The van der Waals surface area contributed by atoms with Gasteiger partial charge in [0, 0.05) is 0 Å². The van der Waals surface area contributed by atoms with Gasteiger partial charge in [0.25, 0.3) is 0 Å². The lowest BCUT2D eigenvalue weighted by molar-refractivity contribution is -0.0328. The van der Waals surface area contributed by atoms with E-state index in [0.29, 0.717) is 13.1 Å². The Labute approximate surface area is 145 Å². The Balaban J connectivity index is -0.000000328. The second kappa shape index (κ2) is 21.9. The van der Waals surface area contributed by atoms with Crippen molar-refractivity contribution in [3.8, 4) is 0 Å². The molecule has 7 N–H and O–H groups in total. The number of hydrogen-bond donors (Lipinski definition) is 6.